The maximum Gasteiger partial charge on any atom is 0.120 e. The summed E-state index contributed by atoms with van der Waals surface area (Å²) < 4.78 is 5.78. The van der Waals surface area contributed by atoms with Gasteiger partial charge < -0.3 is 15.0 Å². The van der Waals surface area contributed by atoms with Gasteiger partial charge in [0.25, 0.3) is 0 Å². The molecule has 0 aliphatic heterocycles. The third kappa shape index (κ3) is 3.29. The number of aryl methyl sites for hydroxylation is 1. The highest BCUT2D eigenvalue weighted by Gasteiger charge is 2.10. The molecule has 0 saturated heterocycles. The number of aromatic amines is 1. The fraction of sp³-hybridized carbons (Fsp3) is 0.500. The van der Waals surface area contributed by atoms with Crippen molar-refractivity contribution in [3.63, 3.8) is 0 Å². The van der Waals surface area contributed by atoms with Crippen molar-refractivity contribution >= 4 is 10.9 Å². The topological polar surface area (TPSA) is 37.0 Å². The molecule has 0 bridgehead atoms. The van der Waals surface area contributed by atoms with Gasteiger partial charge in [-0.3, -0.25) is 0 Å². The number of fused-ring (bicyclic) bond motifs is 1. The summed E-state index contributed by atoms with van der Waals surface area (Å²) in [6, 6.07) is 6.74. The summed E-state index contributed by atoms with van der Waals surface area (Å²) in [5.74, 6) is 0.937. The van der Waals surface area contributed by atoms with Gasteiger partial charge in [0.05, 0.1) is 6.10 Å². The number of H-pyrrole nitrogens is 1. The minimum Gasteiger partial charge on any atom is -0.491 e. The lowest BCUT2D eigenvalue weighted by atomic mass is 10.1. The van der Waals surface area contributed by atoms with Crippen molar-refractivity contribution in [2.75, 3.05) is 0 Å². The Morgan fingerprint density at radius 1 is 1.21 bits per heavy atom. The largest absolute Gasteiger partial charge is 0.491 e. The first-order valence-electron chi connectivity index (χ1n) is 6.98. The zero-order valence-electron chi connectivity index (χ0n) is 12.5. The van der Waals surface area contributed by atoms with Gasteiger partial charge in [-0.25, -0.2) is 0 Å². The van der Waals surface area contributed by atoms with Crippen molar-refractivity contribution in [2.24, 2.45) is 0 Å². The van der Waals surface area contributed by atoms with Crippen LogP contribution in [0.15, 0.2) is 18.2 Å². The highest BCUT2D eigenvalue weighted by Crippen LogP contribution is 2.27. The monoisotopic (exact) mass is 260 g/mol. The van der Waals surface area contributed by atoms with Crippen molar-refractivity contribution in [3.05, 3.63) is 29.5 Å². The van der Waals surface area contributed by atoms with Gasteiger partial charge in [-0.1, -0.05) is 13.8 Å². The number of ether oxygens (including phenoxy) is 1. The van der Waals surface area contributed by atoms with Crippen LogP contribution < -0.4 is 10.1 Å². The van der Waals surface area contributed by atoms with Crippen LogP contribution in [0.2, 0.25) is 0 Å². The number of hydrogen-bond donors (Lipinski definition) is 2. The Bertz CT molecular complexity index is 555. The Balaban J connectivity index is 2.35. The van der Waals surface area contributed by atoms with Crippen LogP contribution in [0.1, 0.15) is 39.0 Å². The van der Waals surface area contributed by atoms with Gasteiger partial charge in [-0.15, -0.1) is 0 Å². The SMILES string of the molecule is Cc1[nH]c2ccc(OC(C)C)cc2c1CNC(C)C. The molecule has 0 atom stereocenters. The van der Waals surface area contributed by atoms with Gasteiger partial charge in [0.2, 0.25) is 0 Å². The number of nitrogens with one attached hydrogen (secondary N) is 2. The van der Waals surface area contributed by atoms with E-state index < -0.39 is 0 Å². The van der Waals surface area contributed by atoms with E-state index in [2.05, 4.69) is 43.2 Å². The molecule has 19 heavy (non-hydrogen) atoms. The molecule has 0 radical (unpaired) electrons. The quantitative estimate of drug-likeness (QED) is 0.859. The molecule has 1 heterocycles. The Morgan fingerprint density at radius 2 is 1.95 bits per heavy atom. The normalized spacial score (nSPS) is 11.7. The predicted molar refractivity (Wildman–Crippen MR) is 80.8 cm³/mol. The number of hydrogen-bond acceptors (Lipinski definition) is 2. The van der Waals surface area contributed by atoms with E-state index >= 15 is 0 Å². The molecule has 0 fully saturated rings. The lowest BCUT2D eigenvalue weighted by Crippen LogP contribution is -2.22. The van der Waals surface area contributed by atoms with E-state index in [0.29, 0.717) is 6.04 Å². The van der Waals surface area contributed by atoms with Crippen LogP contribution in [0.4, 0.5) is 0 Å². The van der Waals surface area contributed by atoms with Gasteiger partial charge >= 0.3 is 0 Å². The lowest BCUT2D eigenvalue weighted by molar-refractivity contribution is 0.243. The predicted octanol–water partition coefficient (Wildman–Crippen LogP) is 3.76. The lowest BCUT2D eigenvalue weighted by Gasteiger charge is -2.11. The first-order valence-corrected chi connectivity index (χ1v) is 6.98. The van der Waals surface area contributed by atoms with Gasteiger partial charge in [-0.2, -0.15) is 0 Å². The third-order valence-electron chi connectivity index (χ3n) is 3.15. The van der Waals surface area contributed by atoms with Gasteiger partial charge in [0, 0.05) is 29.2 Å². The van der Waals surface area contributed by atoms with E-state index in [4.69, 9.17) is 4.74 Å². The Hall–Kier alpha value is -1.48. The molecule has 104 valence electrons. The minimum atomic E-state index is 0.203. The molecule has 0 unspecified atom stereocenters. The molecule has 2 rings (SSSR count). The van der Waals surface area contributed by atoms with Crippen LogP contribution in [0.3, 0.4) is 0 Å². The zero-order valence-corrected chi connectivity index (χ0v) is 12.5. The maximum absolute atomic E-state index is 5.78. The Kier molecular flexibility index (Phi) is 4.15. The second-order valence-electron chi connectivity index (χ2n) is 5.64. The molecule has 0 aliphatic carbocycles. The fourth-order valence-corrected chi connectivity index (χ4v) is 2.24. The molecule has 0 saturated carbocycles. The summed E-state index contributed by atoms with van der Waals surface area (Å²) in [4.78, 5) is 3.44. The molecule has 0 aliphatic rings. The molecule has 2 aromatic rings. The molecular formula is C16H24N2O. The highest BCUT2D eigenvalue weighted by atomic mass is 16.5. The third-order valence-corrected chi connectivity index (χ3v) is 3.15. The maximum atomic E-state index is 5.78. The van der Waals surface area contributed by atoms with Crippen LogP contribution in [0.5, 0.6) is 5.75 Å². The number of rotatable bonds is 5. The van der Waals surface area contributed by atoms with Crippen molar-refractivity contribution in [3.8, 4) is 5.75 Å². The second kappa shape index (κ2) is 5.66. The van der Waals surface area contributed by atoms with Crippen LogP contribution in [0.25, 0.3) is 10.9 Å². The van der Waals surface area contributed by atoms with Crippen LogP contribution >= 0.6 is 0 Å². The Labute approximate surface area is 115 Å². The summed E-state index contributed by atoms with van der Waals surface area (Å²) in [7, 11) is 0. The number of aromatic nitrogens is 1. The van der Waals surface area contributed by atoms with E-state index in [1.165, 1.54) is 22.2 Å². The molecule has 0 spiro atoms. The van der Waals surface area contributed by atoms with Gasteiger partial charge in [0.1, 0.15) is 5.75 Å². The highest BCUT2D eigenvalue weighted by molar-refractivity contribution is 5.86. The van der Waals surface area contributed by atoms with Crippen LogP contribution in [-0.2, 0) is 6.54 Å². The molecule has 3 nitrogen and oxygen atoms in total. The molecule has 1 aromatic carbocycles. The van der Waals surface area contributed by atoms with Gasteiger partial charge in [0.15, 0.2) is 0 Å². The second-order valence-corrected chi connectivity index (χ2v) is 5.64. The van der Waals surface area contributed by atoms with Crippen molar-refractivity contribution in [2.45, 2.75) is 53.3 Å². The van der Waals surface area contributed by atoms with E-state index in [-0.39, 0.29) is 6.10 Å². The van der Waals surface area contributed by atoms with E-state index in [1.54, 1.807) is 0 Å². The average Bonchev–Trinajstić information content (AvgIpc) is 2.61. The van der Waals surface area contributed by atoms with E-state index in [9.17, 15) is 0 Å². The summed E-state index contributed by atoms with van der Waals surface area (Å²) in [5.41, 5.74) is 3.73. The smallest absolute Gasteiger partial charge is 0.120 e. The zero-order chi connectivity index (χ0) is 14.0. The summed E-state index contributed by atoms with van der Waals surface area (Å²) in [6.07, 6.45) is 0.203. The average molecular weight is 260 g/mol. The van der Waals surface area contributed by atoms with Crippen molar-refractivity contribution in [1.82, 2.24) is 10.3 Å². The summed E-state index contributed by atoms with van der Waals surface area (Å²) >= 11 is 0. The van der Waals surface area contributed by atoms with E-state index in [0.717, 1.165) is 12.3 Å². The van der Waals surface area contributed by atoms with Crippen LogP contribution in [-0.4, -0.2) is 17.1 Å². The summed E-state index contributed by atoms with van der Waals surface area (Å²) in [5, 5.41) is 4.73. The van der Waals surface area contributed by atoms with Crippen LogP contribution in [0, 0.1) is 6.92 Å². The first kappa shape index (κ1) is 13.9. The fourth-order valence-electron chi connectivity index (χ4n) is 2.24. The Morgan fingerprint density at radius 3 is 2.58 bits per heavy atom. The molecule has 0 amide bonds. The summed E-state index contributed by atoms with van der Waals surface area (Å²) in [6.45, 7) is 11.4. The molecule has 3 heteroatoms. The molecule has 1 aromatic heterocycles. The van der Waals surface area contributed by atoms with E-state index in [1.807, 2.05) is 19.9 Å². The van der Waals surface area contributed by atoms with Crippen molar-refractivity contribution < 1.29 is 4.74 Å². The minimum absolute atomic E-state index is 0.203. The molecule has 2 N–H and O–H groups in total. The van der Waals surface area contributed by atoms with Crippen molar-refractivity contribution in [1.29, 1.82) is 0 Å². The number of benzene rings is 1. The standard InChI is InChI=1S/C16H24N2O/c1-10(2)17-9-15-12(5)18-16-7-6-13(8-14(15)16)19-11(3)4/h6-8,10-11,17-18H,9H2,1-5H3. The molecular weight excluding hydrogens is 236 g/mol. The van der Waals surface area contributed by atoms with Gasteiger partial charge in [-0.05, 0) is 44.5 Å². The first-order chi connectivity index (χ1) is 8.97.